The number of allylic oxidation sites excluding steroid dienone is 2. The minimum absolute atomic E-state index is 0.104. The number of amides is 2. The predicted octanol–water partition coefficient (Wildman–Crippen LogP) is 2.49. The van der Waals surface area contributed by atoms with Crippen molar-refractivity contribution in [3.8, 4) is 0 Å². The lowest BCUT2D eigenvalue weighted by Crippen LogP contribution is -2.44. The lowest BCUT2D eigenvalue weighted by molar-refractivity contribution is -0.142. The largest absolute Gasteiger partial charge is 0.468 e. The van der Waals surface area contributed by atoms with Gasteiger partial charge in [0.25, 0.3) is 0 Å². The highest BCUT2D eigenvalue weighted by atomic mass is 16.5. The summed E-state index contributed by atoms with van der Waals surface area (Å²) in [6.45, 7) is 7.23. The smallest absolute Gasteiger partial charge is 0.328 e. The van der Waals surface area contributed by atoms with E-state index in [4.69, 9.17) is 5.73 Å². The first-order valence-corrected chi connectivity index (χ1v) is 8.75. The van der Waals surface area contributed by atoms with E-state index < -0.39 is 12.0 Å². The number of nitrogens with two attached hydrogens (primary N) is 1. The van der Waals surface area contributed by atoms with Crippen molar-refractivity contribution in [1.29, 1.82) is 0 Å². The Bertz CT molecular complexity index is 710. The first kappa shape index (κ1) is 22.4. The summed E-state index contributed by atoms with van der Waals surface area (Å²) in [4.78, 5) is 38.6. The zero-order chi connectivity index (χ0) is 20.7. The van der Waals surface area contributed by atoms with Crippen molar-refractivity contribution in [2.45, 2.75) is 46.2 Å². The van der Waals surface area contributed by atoms with Gasteiger partial charge in [-0.25, -0.2) is 4.79 Å². The molecule has 0 bridgehead atoms. The molecule has 27 heavy (non-hydrogen) atoms. The molecule has 0 fully saturated rings. The summed E-state index contributed by atoms with van der Waals surface area (Å²) < 4.78 is 4.63. The van der Waals surface area contributed by atoms with Crippen molar-refractivity contribution in [2.24, 2.45) is 5.73 Å². The molecule has 0 aliphatic rings. The molecule has 1 aromatic carbocycles. The number of carbonyl (C=O) groups is 3. The average molecular weight is 375 g/mol. The molecule has 1 atom stereocenters. The van der Waals surface area contributed by atoms with E-state index in [1.807, 2.05) is 26.0 Å². The van der Waals surface area contributed by atoms with E-state index >= 15 is 0 Å². The second kappa shape index (κ2) is 9.87. The van der Waals surface area contributed by atoms with Crippen molar-refractivity contribution in [3.05, 3.63) is 41.1 Å². The Morgan fingerprint density at radius 2 is 1.74 bits per heavy atom. The second-order valence-electron chi connectivity index (χ2n) is 6.69. The monoisotopic (exact) mass is 375 g/mol. The fraction of sp³-hybridized carbons (Fsp3) is 0.450. The van der Waals surface area contributed by atoms with Gasteiger partial charge in [0.05, 0.1) is 7.11 Å². The second-order valence-corrected chi connectivity index (χ2v) is 6.69. The summed E-state index contributed by atoms with van der Waals surface area (Å²) in [7, 11) is 2.98. The molecule has 1 unspecified atom stereocenters. The molecule has 2 N–H and O–H groups in total. The zero-order valence-electron chi connectivity index (χ0n) is 16.9. The number of aldehydes is 1. The Hall–Kier alpha value is -2.67. The van der Waals surface area contributed by atoms with Gasteiger partial charge in [0.15, 0.2) is 0 Å². The standard InChI is InChI=1S/C20H29N3O4/c1-13(2)23(15(4)14(3)12-24)20(26)22(5)17-9-7-16(8-10-17)11-18(21)19(25)27-6/h7-10,12-13,18H,11,21H2,1-6H3/b15-14-. The molecular formula is C20H29N3O4. The third-order valence-electron chi connectivity index (χ3n) is 4.40. The number of carbonyl (C=O) groups excluding carboxylic acids is 3. The Balaban J connectivity index is 3.00. The summed E-state index contributed by atoms with van der Waals surface area (Å²) in [5.74, 6) is -0.466. The van der Waals surface area contributed by atoms with Crippen LogP contribution in [-0.2, 0) is 20.7 Å². The van der Waals surface area contributed by atoms with Gasteiger partial charge in [-0.05, 0) is 51.8 Å². The van der Waals surface area contributed by atoms with Crippen molar-refractivity contribution < 1.29 is 19.1 Å². The van der Waals surface area contributed by atoms with Crippen LogP contribution in [0.5, 0.6) is 0 Å². The first-order valence-electron chi connectivity index (χ1n) is 8.75. The van der Waals surface area contributed by atoms with Gasteiger partial charge in [-0.1, -0.05) is 12.1 Å². The van der Waals surface area contributed by atoms with Crippen LogP contribution in [0.15, 0.2) is 35.5 Å². The fourth-order valence-electron chi connectivity index (χ4n) is 2.64. The van der Waals surface area contributed by atoms with Gasteiger partial charge in [-0.15, -0.1) is 0 Å². The van der Waals surface area contributed by atoms with E-state index in [1.54, 1.807) is 37.9 Å². The zero-order valence-corrected chi connectivity index (χ0v) is 16.9. The lowest BCUT2D eigenvalue weighted by atomic mass is 10.1. The topological polar surface area (TPSA) is 92.9 Å². The van der Waals surface area contributed by atoms with Gasteiger partial charge >= 0.3 is 12.0 Å². The van der Waals surface area contributed by atoms with Crippen LogP contribution in [0.3, 0.4) is 0 Å². The third-order valence-corrected chi connectivity index (χ3v) is 4.40. The number of ether oxygens (including phenoxy) is 1. The van der Waals surface area contributed by atoms with Crippen LogP contribution in [-0.4, -0.2) is 49.4 Å². The SMILES string of the molecule is COC(=O)C(N)Cc1ccc(N(C)C(=O)N(/C(C)=C(/C)C=O)C(C)C)cc1. The maximum absolute atomic E-state index is 13.0. The Kier molecular flexibility index (Phi) is 8.18. The van der Waals surface area contributed by atoms with E-state index in [1.165, 1.54) is 12.0 Å². The first-order chi connectivity index (χ1) is 12.6. The van der Waals surface area contributed by atoms with Crippen molar-refractivity contribution in [1.82, 2.24) is 4.90 Å². The maximum atomic E-state index is 13.0. The van der Waals surface area contributed by atoms with Crippen molar-refractivity contribution in [3.63, 3.8) is 0 Å². The number of methoxy groups -OCH3 is 1. The normalized spacial score (nSPS) is 12.9. The fourth-order valence-corrected chi connectivity index (χ4v) is 2.64. The molecule has 2 amide bonds. The summed E-state index contributed by atoms with van der Waals surface area (Å²) >= 11 is 0. The minimum atomic E-state index is -0.726. The maximum Gasteiger partial charge on any atom is 0.328 e. The number of hydrogen-bond donors (Lipinski definition) is 1. The summed E-state index contributed by atoms with van der Waals surface area (Å²) in [5.41, 5.74) is 8.47. The molecule has 0 spiro atoms. The van der Waals surface area contributed by atoms with Gasteiger partial charge in [-0.2, -0.15) is 0 Å². The van der Waals surface area contributed by atoms with Crippen molar-refractivity contribution >= 4 is 24.0 Å². The minimum Gasteiger partial charge on any atom is -0.468 e. The quantitative estimate of drug-likeness (QED) is 0.449. The van der Waals surface area contributed by atoms with Crippen LogP contribution in [0.4, 0.5) is 10.5 Å². The molecule has 7 nitrogen and oxygen atoms in total. The van der Waals surface area contributed by atoms with Crippen LogP contribution in [0.1, 0.15) is 33.3 Å². The molecule has 0 aliphatic carbocycles. The Morgan fingerprint density at radius 1 is 1.19 bits per heavy atom. The van der Waals surface area contributed by atoms with Gasteiger partial charge in [0, 0.05) is 30.0 Å². The van der Waals surface area contributed by atoms with Gasteiger partial charge in [0.2, 0.25) is 0 Å². The Labute approximate surface area is 160 Å². The molecule has 0 saturated heterocycles. The number of urea groups is 1. The highest BCUT2D eigenvalue weighted by Gasteiger charge is 2.24. The lowest BCUT2D eigenvalue weighted by Gasteiger charge is -2.32. The summed E-state index contributed by atoms with van der Waals surface area (Å²) in [6, 6.07) is 6.16. The van der Waals surface area contributed by atoms with Crippen LogP contribution in [0, 0.1) is 0 Å². The number of rotatable bonds is 7. The van der Waals surface area contributed by atoms with E-state index in [9.17, 15) is 14.4 Å². The number of hydrogen-bond acceptors (Lipinski definition) is 5. The van der Waals surface area contributed by atoms with Crippen LogP contribution in [0.2, 0.25) is 0 Å². The van der Waals surface area contributed by atoms with Crippen LogP contribution in [0.25, 0.3) is 0 Å². The van der Waals surface area contributed by atoms with Crippen molar-refractivity contribution in [2.75, 3.05) is 19.1 Å². The Morgan fingerprint density at radius 3 is 2.19 bits per heavy atom. The highest BCUT2D eigenvalue weighted by Crippen LogP contribution is 2.21. The highest BCUT2D eigenvalue weighted by molar-refractivity contribution is 5.93. The predicted molar refractivity (Wildman–Crippen MR) is 105 cm³/mol. The van der Waals surface area contributed by atoms with Gasteiger partial charge in [-0.3, -0.25) is 19.4 Å². The van der Waals surface area contributed by atoms with E-state index in [-0.39, 0.29) is 12.1 Å². The number of benzene rings is 1. The van der Waals surface area contributed by atoms with Gasteiger partial charge in [0.1, 0.15) is 12.3 Å². The molecule has 7 heteroatoms. The summed E-state index contributed by atoms with van der Waals surface area (Å²) in [5, 5.41) is 0. The van der Waals surface area contributed by atoms with E-state index in [0.29, 0.717) is 23.4 Å². The molecule has 0 heterocycles. The molecular weight excluding hydrogens is 346 g/mol. The number of anilines is 1. The van der Waals surface area contributed by atoms with Gasteiger partial charge < -0.3 is 10.5 Å². The molecule has 0 aliphatic heterocycles. The number of nitrogens with zero attached hydrogens (tertiary/aromatic N) is 2. The van der Waals surface area contributed by atoms with E-state index in [2.05, 4.69) is 4.74 Å². The molecule has 0 radical (unpaired) electrons. The molecule has 1 rings (SSSR count). The molecule has 1 aromatic rings. The molecule has 0 aromatic heterocycles. The van der Waals surface area contributed by atoms with E-state index in [0.717, 1.165) is 11.8 Å². The summed E-state index contributed by atoms with van der Waals surface area (Å²) in [6.07, 6.45) is 1.10. The third kappa shape index (κ3) is 5.65. The van der Waals surface area contributed by atoms with Crippen LogP contribution < -0.4 is 10.6 Å². The van der Waals surface area contributed by atoms with Crippen LogP contribution >= 0.6 is 0 Å². The molecule has 148 valence electrons. The molecule has 0 saturated carbocycles. The average Bonchev–Trinajstić information content (AvgIpc) is 2.66. The number of esters is 1.